The maximum Gasteiger partial charge on any atom is 0.290 e. The Morgan fingerprint density at radius 3 is 2.80 bits per heavy atom. The SMILES string of the molecule is COc1cccc(CN2CCC[C@H](c3cc(C(=O)NC4CCCCCC4)on3)C2)c1. The highest BCUT2D eigenvalue weighted by Crippen LogP contribution is 2.28. The standard InChI is InChI=1S/C24H33N3O3/c1-29-21-12-6-8-18(14-21)16-27-13-7-9-19(17-27)22-15-23(30-26-22)24(28)25-20-10-4-2-3-5-11-20/h6,8,12,14-15,19-20H,2-5,7,9-11,13,16-17H2,1H3,(H,25,28)/t19-/m0/s1. The number of piperidine rings is 1. The molecule has 0 unspecified atom stereocenters. The Kier molecular flexibility index (Phi) is 7.05. The number of amides is 1. The highest BCUT2D eigenvalue weighted by Gasteiger charge is 2.26. The van der Waals surface area contributed by atoms with E-state index in [0.717, 1.165) is 56.8 Å². The summed E-state index contributed by atoms with van der Waals surface area (Å²) in [6.07, 6.45) is 9.24. The van der Waals surface area contributed by atoms with Gasteiger partial charge in [-0.2, -0.15) is 0 Å². The van der Waals surface area contributed by atoms with E-state index in [9.17, 15) is 4.79 Å². The predicted molar refractivity (Wildman–Crippen MR) is 116 cm³/mol. The quantitative estimate of drug-likeness (QED) is 0.708. The maximum absolute atomic E-state index is 12.6. The number of methoxy groups -OCH3 is 1. The third-order valence-corrected chi connectivity index (χ3v) is 6.41. The minimum absolute atomic E-state index is 0.121. The average molecular weight is 412 g/mol. The molecule has 30 heavy (non-hydrogen) atoms. The van der Waals surface area contributed by atoms with Crippen LogP contribution < -0.4 is 10.1 Å². The first-order valence-electron chi connectivity index (χ1n) is 11.3. The molecule has 2 fully saturated rings. The summed E-state index contributed by atoms with van der Waals surface area (Å²) in [6, 6.07) is 10.4. The molecule has 2 heterocycles. The smallest absolute Gasteiger partial charge is 0.290 e. The van der Waals surface area contributed by atoms with Gasteiger partial charge in [-0.15, -0.1) is 0 Å². The molecule has 1 saturated carbocycles. The van der Waals surface area contributed by atoms with Crippen molar-refractivity contribution >= 4 is 5.91 Å². The first kappa shape index (κ1) is 20.9. The van der Waals surface area contributed by atoms with Crippen molar-refractivity contribution in [2.75, 3.05) is 20.2 Å². The van der Waals surface area contributed by atoms with Crippen molar-refractivity contribution in [1.29, 1.82) is 0 Å². The highest BCUT2D eigenvalue weighted by molar-refractivity contribution is 5.91. The van der Waals surface area contributed by atoms with Gasteiger partial charge in [0.2, 0.25) is 5.76 Å². The molecular formula is C24H33N3O3. The Labute approximate surface area is 179 Å². The van der Waals surface area contributed by atoms with Gasteiger partial charge in [-0.25, -0.2) is 0 Å². The summed E-state index contributed by atoms with van der Waals surface area (Å²) < 4.78 is 10.8. The number of nitrogens with one attached hydrogen (secondary N) is 1. The van der Waals surface area contributed by atoms with Crippen molar-refractivity contribution in [3.8, 4) is 5.75 Å². The lowest BCUT2D eigenvalue weighted by molar-refractivity contribution is 0.0895. The summed E-state index contributed by atoms with van der Waals surface area (Å²) in [4.78, 5) is 15.1. The normalized spacial score (nSPS) is 21.2. The molecule has 4 rings (SSSR count). The van der Waals surface area contributed by atoms with Crippen molar-refractivity contribution < 1.29 is 14.1 Å². The van der Waals surface area contributed by atoms with Crippen molar-refractivity contribution in [3.63, 3.8) is 0 Å². The van der Waals surface area contributed by atoms with Gasteiger partial charge in [0.15, 0.2) is 0 Å². The Balaban J connectivity index is 1.34. The van der Waals surface area contributed by atoms with E-state index in [4.69, 9.17) is 9.26 Å². The average Bonchev–Trinajstić information content (AvgIpc) is 3.13. The van der Waals surface area contributed by atoms with E-state index in [1.165, 1.54) is 31.2 Å². The van der Waals surface area contributed by atoms with Crippen LogP contribution in [-0.4, -0.2) is 42.2 Å². The number of hydrogen-bond acceptors (Lipinski definition) is 5. The lowest BCUT2D eigenvalue weighted by Gasteiger charge is -2.31. The number of aromatic nitrogens is 1. The van der Waals surface area contributed by atoms with Crippen LogP contribution in [0.25, 0.3) is 0 Å². The van der Waals surface area contributed by atoms with Gasteiger partial charge in [-0.3, -0.25) is 9.69 Å². The zero-order valence-electron chi connectivity index (χ0n) is 17.9. The first-order chi connectivity index (χ1) is 14.7. The second-order valence-corrected chi connectivity index (χ2v) is 8.70. The Morgan fingerprint density at radius 1 is 1.17 bits per heavy atom. The van der Waals surface area contributed by atoms with Gasteiger partial charge in [-0.1, -0.05) is 43.0 Å². The molecule has 1 N–H and O–H groups in total. The van der Waals surface area contributed by atoms with E-state index in [1.807, 2.05) is 18.2 Å². The Hall–Kier alpha value is -2.34. The van der Waals surface area contributed by atoms with Gasteiger partial charge in [-0.05, 0) is 49.9 Å². The highest BCUT2D eigenvalue weighted by atomic mass is 16.5. The molecule has 6 nitrogen and oxygen atoms in total. The van der Waals surface area contributed by atoms with Gasteiger partial charge < -0.3 is 14.6 Å². The van der Waals surface area contributed by atoms with Gasteiger partial charge in [0.25, 0.3) is 5.91 Å². The number of carbonyl (C=O) groups is 1. The molecule has 2 aliphatic rings. The number of nitrogens with zero attached hydrogens (tertiary/aromatic N) is 2. The third kappa shape index (κ3) is 5.42. The number of benzene rings is 1. The fourth-order valence-electron chi connectivity index (χ4n) is 4.74. The molecule has 162 valence electrons. The van der Waals surface area contributed by atoms with Crippen LogP contribution in [0.3, 0.4) is 0 Å². The molecule has 2 aromatic rings. The summed E-state index contributed by atoms with van der Waals surface area (Å²) in [5.41, 5.74) is 2.15. The molecule has 1 saturated heterocycles. The van der Waals surface area contributed by atoms with Crippen molar-refractivity contribution in [2.45, 2.75) is 69.9 Å². The van der Waals surface area contributed by atoms with Crippen LogP contribution in [0, 0.1) is 0 Å². The van der Waals surface area contributed by atoms with E-state index in [-0.39, 0.29) is 11.9 Å². The molecule has 1 aliphatic carbocycles. The lowest BCUT2D eigenvalue weighted by Crippen LogP contribution is -2.34. The number of hydrogen-bond donors (Lipinski definition) is 1. The van der Waals surface area contributed by atoms with Crippen LogP contribution in [0.1, 0.15) is 79.1 Å². The van der Waals surface area contributed by atoms with Crippen LogP contribution in [-0.2, 0) is 6.54 Å². The predicted octanol–water partition coefficient (Wildman–Crippen LogP) is 4.52. The molecule has 0 spiro atoms. The Bertz CT molecular complexity index is 827. The molecule has 0 bridgehead atoms. The van der Waals surface area contributed by atoms with E-state index in [0.29, 0.717) is 11.7 Å². The van der Waals surface area contributed by atoms with Crippen LogP contribution >= 0.6 is 0 Å². The van der Waals surface area contributed by atoms with Gasteiger partial charge in [0, 0.05) is 31.1 Å². The summed E-state index contributed by atoms with van der Waals surface area (Å²) in [5, 5.41) is 7.41. The zero-order valence-corrected chi connectivity index (χ0v) is 17.9. The molecule has 1 amide bonds. The van der Waals surface area contributed by atoms with Crippen molar-refractivity contribution in [2.24, 2.45) is 0 Å². The molecule has 1 aliphatic heterocycles. The van der Waals surface area contributed by atoms with Crippen LogP contribution in [0.5, 0.6) is 5.75 Å². The minimum atomic E-state index is -0.121. The summed E-state index contributed by atoms with van der Waals surface area (Å²) >= 11 is 0. The number of likely N-dealkylation sites (tertiary alicyclic amines) is 1. The lowest BCUT2D eigenvalue weighted by atomic mass is 9.94. The van der Waals surface area contributed by atoms with Crippen LogP contribution in [0.15, 0.2) is 34.9 Å². The molecule has 1 aromatic carbocycles. The Morgan fingerprint density at radius 2 is 2.00 bits per heavy atom. The second-order valence-electron chi connectivity index (χ2n) is 8.70. The van der Waals surface area contributed by atoms with E-state index in [1.54, 1.807) is 7.11 Å². The van der Waals surface area contributed by atoms with Crippen LogP contribution in [0.2, 0.25) is 0 Å². The zero-order chi connectivity index (χ0) is 20.8. The second kappa shape index (κ2) is 10.1. The maximum atomic E-state index is 12.6. The number of carbonyl (C=O) groups excluding carboxylic acids is 1. The van der Waals surface area contributed by atoms with E-state index >= 15 is 0 Å². The van der Waals surface area contributed by atoms with E-state index < -0.39 is 0 Å². The van der Waals surface area contributed by atoms with E-state index in [2.05, 4.69) is 27.5 Å². The molecular weight excluding hydrogens is 378 g/mol. The van der Waals surface area contributed by atoms with Gasteiger partial charge in [0.1, 0.15) is 5.75 Å². The first-order valence-corrected chi connectivity index (χ1v) is 11.3. The number of rotatable bonds is 6. The van der Waals surface area contributed by atoms with Crippen LogP contribution in [0.4, 0.5) is 0 Å². The monoisotopic (exact) mass is 411 g/mol. The topological polar surface area (TPSA) is 67.6 Å². The van der Waals surface area contributed by atoms with Crippen molar-refractivity contribution in [1.82, 2.24) is 15.4 Å². The molecule has 6 heteroatoms. The summed E-state index contributed by atoms with van der Waals surface area (Å²) in [5.74, 6) is 1.42. The third-order valence-electron chi connectivity index (χ3n) is 6.41. The molecule has 0 radical (unpaired) electrons. The summed E-state index contributed by atoms with van der Waals surface area (Å²) in [6.45, 7) is 2.88. The largest absolute Gasteiger partial charge is 0.497 e. The minimum Gasteiger partial charge on any atom is -0.497 e. The fraction of sp³-hybridized carbons (Fsp3) is 0.583. The summed E-state index contributed by atoms with van der Waals surface area (Å²) in [7, 11) is 1.70. The van der Waals surface area contributed by atoms with Gasteiger partial charge >= 0.3 is 0 Å². The fourth-order valence-corrected chi connectivity index (χ4v) is 4.74. The number of ether oxygens (including phenoxy) is 1. The molecule has 1 aromatic heterocycles. The van der Waals surface area contributed by atoms with Crippen molar-refractivity contribution in [3.05, 3.63) is 47.3 Å². The molecule has 1 atom stereocenters. The van der Waals surface area contributed by atoms with Gasteiger partial charge in [0.05, 0.1) is 12.8 Å².